The van der Waals surface area contributed by atoms with E-state index in [0.29, 0.717) is 10.7 Å². The number of aromatic nitrogens is 2. The molecule has 1 aromatic heterocycles. The molecule has 1 aromatic carbocycles. The van der Waals surface area contributed by atoms with Crippen molar-refractivity contribution in [1.82, 2.24) is 9.78 Å². The van der Waals surface area contributed by atoms with Crippen molar-refractivity contribution in [2.45, 2.75) is 33.6 Å². The molecule has 2 aromatic rings. The third-order valence-corrected chi connectivity index (χ3v) is 3.51. The molecule has 0 amide bonds. The fourth-order valence-electron chi connectivity index (χ4n) is 2.07. The highest BCUT2D eigenvalue weighted by Gasteiger charge is 2.19. The van der Waals surface area contributed by atoms with Crippen molar-refractivity contribution in [3.05, 3.63) is 45.7 Å². The van der Waals surface area contributed by atoms with E-state index in [1.54, 1.807) is 4.68 Å². The van der Waals surface area contributed by atoms with Gasteiger partial charge in [-0.1, -0.05) is 37.6 Å². The molecule has 0 spiro atoms. The minimum Gasteiger partial charge on any atom is -0.298 e. The van der Waals surface area contributed by atoms with Crippen LogP contribution in [0.25, 0.3) is 5.69 Å². The maximum atomic E-state index is 11.2. The molecule has 100 valence electrons. The zero-order valence-electron chi connectivity index (χ0n) is 11.6. The van der Waals surface area contributed by atoms with Gasteiger partial charge in [-0.25, -0.2) is 4.68 Å². The molecule has 0 bridgehead atoms. The molecule has 0 atom stereocenters. The molecule has 0 radical (unpaired) electrons. The number of aldehydes is 1. The summed E-state index contributed by atoms with van der Waals surface area (Å²) < 4.78 is 1.66. The number of aryl methyl sites for hydroxylation is 2. The zero-order chi connectivity index (χ0) is 14.2. The Hall–Kier alpha value is -1.61. The van der Waals surface area contributed by atoms with Gasteiger partial charge in [0.2, 0.25) is 0 Å². The third-order valence-electron chi connectivity index (χ3n) is 3.15. The molecular weight excluding hydrogens is 260 g/mol. The Balaban J connectivity index is 2.69. The van der Waals surface area contributed by atoms with Crippen LogP contribution in [0.1, 0.15) is 46.9 Å². The van der Waals surface area contributed by atoms with E-state index in [0.717, 1.165) is 28.8 Å². The summed E-state index contributed by atoms with van der Waals surface area (Å²) in [6.07, 6.45) is 0.784. The molecule has 0 saturated carbocycles. The minimum atomic E-state index is 0.157. The molecule has 19 heavy (non-hydrogen) atoms. The van der Waals surface area contributed by atoms with E-state index < -0.39 is 0 Å². The van der Waals surface area contributed by atoms with Crippen molar-refractivity contribution in [3.8, 4) is 5.69 Å². The zero-order valence-corrected chi connectivity index (χ0v) is 12.3. The van der Waals surface area contributed by atoms with Crippen LogP contribution in [0.4, 0.5) is 0 Å². The first-order chi connectivity index (χ1) is 8.95. The average molecular weight is 277 g/mol. The summed E-state index contributed by atoms with van der Waals surface area (Å²) in [6, 6.07) is 6.09. The fourth-order valence-corrected chi connectivity index (χ4v) is 2.34. The van der Waals surface area contributed by atoms with Gasteiger partial charge in [-0.2, -0.15) is 5.10 Å². The molecule has 0 N–H and O–H groups in total. The summed E-state index contributed by atoms with van der Waals surface area (Å²) in [7, 11) is 0. The maximum absolute atomic E-state index is 11.2. The Morgan fingerprint density at radius 1 is 1.32 bits per heavy atom. The lowest BCUT2D eigenvalue weighted by Gasteiger charge is -2.08. The number of hydrogen-bond donors (Lipinski definition) is 0. The van der Waals surface area contributed by atoms with E-state index >= 15 is 0 Å². The highest BCUT2D eigenvalue weighted by atomic mass is 35.5. The Labute approximate surface area is 118 Å². The SMILES string of the molecule is Cc1ccc(C)c(-n2nc(C(C)C)c(C=O)c2Cl)c1. The van der Waals surface area contributed by atoms with Gasteiger partial charge in [0, 0.05) is 0 Å². The lowest BCUT2D eigenvalue weighted by atomic mass is 10.1. The van der Waals surface area contributed by atoms with Crippen molar-refractivity contribution in [3.63, 3.8) is 0 Å². The second kappa shape index (κ2) is 5.17. The van der Waals surface area contributed by atoms with Crippen LogP contribution in [-0.2, 0) is 0 Å². The second-order valence-electron chi connectivity index (χ2n) is 5.06. The Bertz CT molecular complexity index is 629. The number of rotatable bonds is 3. The summed E-state index contributed by atoms with van der Waals surface area (Å²) in [6.45, 7) is 8.02. The lowest BCUT2D eigenvalue weighted by Crippen LogP contribution is -2.01. The highest BCUT2D eigenvalue weighted by molar-refractivity contribution is 6.32. The van der Waals surface area contributed by atoms with E-state index in [1.807, 2.05) is 45.9 Å². The summed E-state index contributed by atoms with van der Waals surface area (Å²) in [5.74, 6) is 0.157. The largest absolute Gasteiger partial charge is 0.298 e. The Kier molecular flexibility index (Phi) is 3.76. The van der Waals surface area contributed by atoms with Gasteiger partial charge in [-0.05, 0) is 37.0 Å². The highest BCUT2D eigenvalue weighted by Crippen LogP contribution is 2.28. The first kappa shape index (κ1) is 13.8. The van der Waals surface area contributed by atoms with Crippen LogP contribution in [0.3, 0.4) is 0 Å². The first-order valence-electron chi connectivity index (χ1n) is 6.27. The van der Waals surface area contributed by atoms with E-state index in [-0.39, 0.29) is 5.92 Å². The van der Waals surface area contributed by atoms with Crippen molar-refractivity contribution in [1.29, 1.82) is 0 Å². The Morgan fingerprint density at radius 3 is 2.53 bits per heavy atom. The van der Waals surface area contributed by atoms with E-state index in [1.165, 1.54) is 0 Å². The standard InChI is InChI=1S/C15H17ClN2O/c1-9(2)14-12(8-19)15(16)18(17-14)13-7-10(3)5-6-11(13)4/h5-9H,1-4H3. The van der Waals surface area contributed by atoms with Gasteiger partial charge in [0.05, 0.1) is 16.9 Å². The van der Waals surface area contributed by atoms with E-state index in [9.17, 15) is 4.79 Å². The summed E-state index contributed by atoms with van der Waals surface area (Å²) in [5.41, 5.74) is 4.34. The van der Waals surface area contributed by atoms with Gasteiger partial charge >= 0.3 is 0 Å². The van der Waals surface area contributed by atoms with Gasteiger partial charge in [-0.3, -0.25) is 4.79 Å². The van der Waals surface area contributed by atoms with Crippen LogP contribution in [0, 0.1) is 13.8 Å². The molecule has 2 rings (SSSR count). The number of halogens is 1. The number of carbonyl (C=O) groups is 1. The van der Waals surface area contributed by atoms with Gasteiger partial charge in [0.15, 0.2) is 6.29 Å². The molecule has 0 unspecified atom stereocenters. The molecule has 0 aliphatic heterocycles. The average Bonchev–Trinajstić information content (AvgIpc) is 2.69. The van der Waals surface area contributed by atoms with Crippen LogP contribution in [0.5, 0.6) is 0 Å². The quantitative estimate of drug-likeness (QED) is 0.792. The second-order valence-corrected chi connectivity index (χ2v) is 5.42. The first-order valence-corrected chi connectivity index (χ1v) is 6.64. The van der Waals surface area contributed by atoms with Crippen LogP contribution < -0.4 is 0 Å². The maximum Gasteiger partial charge on any atom is 0.155 e. The molecule has 4 heteroatoms. The monoisotopic (exact) mass is 276 g/mol. The van der Waals surface area contributed by atoms with Crippen molar-refractivity contribution in [2.24, 2.45) is 0 Å². The predicted octanol–water partition coefficient (Wildman–Crippen LogP) is 4.08. The number of carbonyl (C=O) groups excluding carboxylic acids is 1. The number of benzene rings is 1. The van der Waals surface area contributed by atoms with Gasteiger partial charge < -0.3 is 0 Å². The van der Waals surface area contributed by atoms with Crippen molar-refractivity contribution >= 4 is 17.9 Å². The van der Waals surface area contributed by atoms with Crippen molar-refractivity contribution < 1.29 is 4.79 Å². The molecule has 0 saturated heterocycles. The van der Waals surface area contributed by atoms with Crippen LogP contribution in [0.2, 0.25) is 5.15 Å². The van der Waals surface area contributed by atoms with Crippen molar-refractivity contribution in [2.75, 3.05) is 0 Å². The molecule has 1 heterocycles. The summed E-state index contributed by atoms with van der Waals surface area (Å²) in [4.78, 5) is 11.2. The number of hydrogen-bond acceptors (Lipinski definition) is 2. The normalized spacial score (nSPS) is 11.1. The van der Waals surface area contributed by atoms with Crippen LogP contribution >= 0.6 is 11.6 Å². The van der Waals surface area contributed by atoms with Gasteiger partial charge in [0.1, 0.15) is 5.15 Å². The Morgan fingerprint density at radius 2 is 2.00 bits per heavy atom. The summed E-state index contributed by atoms with van der Waals surface area (Å²) in [5, 5.41) is 4.89. The molecular formula is C15H17ClN2O. The number of nitrogens with zero attached hydrogens (tertiary/aromatic N) is 2. The topological polar surface area (TPSA) is 34.9 Å². The van der Waals surface area contributed by atoms with Gasteiger partial charge in [-0.15, -0.1) is 0 Å². The molecule has 0 aliphatic rings. The smallest absolute Gasteiger partial charge is 0.155 e. The van der Waals surface area contributed by atoms with E-state index in [2.05, 4.69) is 5.10 Å². The third kappa shape index (κ3) is 2.43. The fraction of sp³-hybridized carbons (Fsp3) is 0.333. The summed E-state index contributed by atoms with van der Waals surface area (Å²) >= 11 is 6.30. The van der Waals surface area contributed by atoms with Crippen LogP contribution in [0.15, 0.2) is 18.2 Å². The minimum absolute atomic E-state index is 0.157. The van der Waals surface area contributed by atoms with E-state index in [4.69, 9.17) is 11.6 Å². The lowest BCUT2D eigenvalue weighted by molar-refractivity contribution is 0.112. The van der Waals surface area contributed by atoms with Crippen LogP contribution in [-0.4, -0.2) is 16.1 Å². The molecule has 0 fully saturated rings. The molecule has 3 nitrogen and oxygen atoms in total. The molecule has 0 aliphatic carbocycles. The van der Waals surface area contributed by atoms with Gasteiger partial charge in [0.25, 0.3) is 0 Å². The predicted molar refractivity (Wildman–Crippen MR) is 77.5 cm³/mol.